The number of hydrogen-bond donors (Lipinski definition) is 1. The molecular formula is C13H24O4. The smallest absolute Gasteiger partial charge is 0.292 e. The van der Waals surface area contributed by atoms with Gasteiger partial charge < -0.3 is 0 Å². The molecule has 0 bridgehead atoms. The molecule has 0 amide bonds. The maximum Gasteiger partial charge on any atom is 0.408 e. The molecule has 0 aliphatic carbocycles. The number of hydrogen-bond acceptors (Lipinski definition) is 4. The minimum atomic E-state index is -1.15. The fraction of sp³-hybridized carbons (Fsp3) is 0.846. The highest BCUT2D eigenvalue weighted by molar-refractivity contribution is 6.33. The highest BCUT2D eigenvalue weighted by Crippen LogP contribution is 2.10. The fourth-order valence-corrected chi connectivity index (χ4v) is 1.75. The van der Waals surface area contributed by atoms with Crippen LogP contribution in [0, 0.1) is 0 Å². The molecule has 0 spiro atoms. The van der Waals surface area contributed by atoms with Crippen LogP contribution in [0.1, 0.15) is 71.1 Å². The van der Waals surface area contributed by atoms with E-state index in [0.29, 0.717) is 6.42 Å². The Labute approximate surface area is 103 Å². The summed E-state index contributed by atoms with van der Waals surface area (Å²) in [6, 6.07) is 0. The monoisotopic (exact) mass is 244 g/mol. The van der Waals surface area contributed by atoms with Crippen LogP contribution in [0.25, 0.3) is 0 Å². The van der Waals surface area contributed by atoms with Crippen LogP contribution in [0.2, 0.25) is 0 Å². The first-order valence-electron chi connectivity index (χ1n) is 6.61. The average molecular weight is 244 g/mol. The normalized spacial score (nSPS) is 10.2. The summed E-state index contributed by atoms with van der Waals surface area (Å²) >= 11 is 0. The second kappa shape index (κ2) is 11.6. The van der Waals surface area contributed by atoms with Gasteiger partial charge in [0, 0.05) is 6.42 Å². The summed E-state index contributed by atoms with van der Waals surface area (Å²) in [5.41, 5.74) is 0. The van der Waals surface area contributed by atoms with Crippen molar-refractivity contribution < 1.29 is 19.7 Å². The Morgan fingerprint density at radius 1 is 0.882 bits per heavy atom. The van der Waals surface area contributed by atoms with Crippen molar-refractivity contribution in [1.29, 1.82) is 0 Å². The molecule has 0 radical (unpaired) electrons. The van der Waals surface area contributed by atoms with Gasteiger partial charge in [-0.1, -0.05) is 58.3 Å². The van der Waals surface area contributed by atoms with Gasteiger partial charge in [0.25, 0.3) is 0 Å². The summed E-state index contributed by atoms with van der Waals surface area (Å²) in [7, 11) is 0. The summed E-state index contributed by atoms with van der Waals surface area (Å²) in [4.78, 5) is 24.9. The largest absolute Gasteiger partial charge is 0.408 e. The molecule has 17 heavy (non-hydrogen) atoms. The zero-order valence-corrected chi connectivity index (χ0v) is 10.7. The maximum absolute atomic E-state index is 10.9. The van der Waals surface area contributed by atoms with Gasteiger partial charge in [-0.15, -0.1) is 0 Å². The Balaban J connectivity index is 3.18. The van der Waals surface area contributed by atoms with E-state index in [-0.39, 0.29) is 6.42 Å². The summed E-state index contributed by atoms with van der Waals surface area (Å²) in [5.74, 6) is -1.79. The molecule has 0 heterocycles. The van der Waals surface area contributed by atoms with Crippen LogP contribution in [0.5, 0.6) is 0 Å². The lowest BCUT2D eigenvalue weighted by atomic mass is 10.1. The minimum absolute atomic E-state index is 0.176. The molecule has 100 valence electrons. The second-order valence-corrected chi connectivity index (χ2v) is 4.38. The van der Waals surface area contributed by atoms with Crippen LogP contribution in [0.15, 0.2) is 0 Å². The summed E-state index contributed by atoms with van der Waals surface area (Å²) in [6.45, 7) is 2.20. The number of unbranched alkanes of at least 4 members (excludes halogenated alkanes) is 8. The van der Waals surface area contributed by atoms with Crippen molar-refractivity contribution in [2.45, 2.75) is 71.1 Å². The van der Waals surface area contributed by atoms with E-state index in [2.05, 4.69) is 11.8 Å². The molecule has 1 N–H and O–H groups in total. The fourth-order valence-electron chi connectivity index (χ4n) is 1.75. The molecule has 0 aliphatic heterocycles. The van der Waals surface area contributed by atoms with Gasteiger partial charge in [-0.2, -0.15) is 5.26 Å². The first-order chi connectivity index (χ1) is 8.22. The minimum Gasteiger partial charge on any atom is -0.292 e. The average Bonchev–Trinajstić information content (AvgIpc) is 2.35. The summed E-state index contributed by atoms with van der Waals surface area (Å²) < 4.78 is 0. The highest BCUT2D eigenvalue weighted by atomic mass is 17.1. The number of carbonyl (C=O) groups excluding carboxylic acids is 2. The molecule has 0 rings (SSSR count). The predicted molar refractivity (Wildman–Crippen MR) is 65.6 cm³/mol. The molecule has 0 saturated carbocycles. The molecule has 0 fully saturated rings. The van der Waals surface area contributed by atoms with Crippen molar-refractivity contribution in [3.8, 4) is 0 Å². The van der Waals surface area contributed by atoms with Crippen molar-refractivity contribution in [3.05, 3.63) is 0 Å². The molecule has 0 saturated heterocycles. The van der Waals surface area contributed by atoms with Crippen LogP contribution in [-0.2, 0) is 14.5 Å². The number of carbonyl (C=O) groups is 2. The standard InChI is InChI=1S/C13H24O4/c1-2-3-4-5-6-7-8-9-10-11-12(14)13(15)17-16/h16H,2-11H2,1H3. The van der Waals surface area contributed by atoms with Crippen LogP contribution in [0.3, 0.4) is 0 Å². The van der Waals surface area contributed by atoms with E-state index in [1.807, 2.05) is 0 Å². The molecule has 4 nitrogen and oxygen atoms in total. The Kier molecular flexibility index (Phi) is 11.0. The van der Waals surface area contributed by atoms with Crippen molar-refractivity contribution in [1.82, 2.24) is 0 Å². The van der Waals surface area contributed by atoms with E-state index in [9.17, 15) is 9.59 Å². The van der Waals surface area contributed by atoms with Gasteiger partial charge in [0.2, 0.25) is 5.78 Å². The van der Waals surface area contributed by atoms with E-state index >= 15 is 0 Å². The lowest BCUT2D eigenvalue weighted by Gasteiger charge is -2.01. The van der Waals surface area contributed by atoms with Gasteiger partial charge in [-0.3, -0.25) is 9.68 Å². The molecule has 0 unspecified atom stereocenters. The number of ketones is 1. The van der Waals surface area contributed by atoms with Crippen LogP contribution in [0.4, 0.5) is 0 Å². The SMILES string of the molecule is CCCCCCCCCCCC(=O)C(=O)OO. The van der Waals surface area contributed by atoms with Crippen molar-refractivity contribution in [2.24, 2.45) is 0 Å². The maximum atomic E-state index is 10.9. The van der Waals surface area contributed by atoms with E-state index < -0.39 is 11.8 Å². The van der Waals surface area contributed by atoms with Gasteiger partial charge in [0.05, 0.1) is 0 Å². The lowest BCUT2D eigenvalue weighted by Crippen LogP contribution is -2.15. The highest BCUT2D eigenvalue weighted by Gasteiger charge is 2.13. The molecule has 4 heteroatoms. The van der Waals surface area contributed by atoms with Crippen LogP contribution >= 0.6 is 0 Å². The molecule has 0 atom stereocenters. The third kappa shape index (κ3) is 10.00. The lowest BCUT2D eigenvalue weighted by molar-refractivity contribution is -0.232. The summed E-state index contributed by atoms with van der Waals surface area (Å²) in [6.07, 6.45) is 10.6. The second-order valence-electron chi connectivity index (χ2n) is 4.38. The molecular weight excluding hydrogens is 220 g/mol. The quantitative estimate of drug-likeness (QED) is 0.261. The first-order valence-corrected chi connectivity index (χ1v) is 6.61. The molecule has 0 aliphatic rings. The number of rotatable bonds is 11. The third-order valence-electron chi connectivity index (χ3n) is 2.82. The Morgan fingerprint density at radius 3 is 1.82 bits per heavy atom. The van der Waals surface area contributed by atoms with Crippen molar-refractivity contribution in [3.63, 3.8) is 0 Å². The zero-order valence-electron chi connectivity index (χ0n) is 10.7. The topological polar surface area (TPSA) is 63.6 Å². The predicted octanol–water partition coefficient (Wildman–Crippen LogP) is 3.49. The first kappa shape index (κ1) is 16.1. The van der Waals surface area contributed by atoms with Crippen molar-refractivity contribution >= 4 is 11.8 Å². The molecule has 0 aromatic rings. The molecule has 0 aromatic carbocycles. The van der Waals surface area contributed by atoms with Crippen LogP contribution < -0.4 is 0 Å². The zero-order chi connectivity index (χ0) is 12.9. The van der Waals surface area contributed by atoms with Crippen molar-refractivity contribution in [2.75, 3.05) is 0 Å². The van der Waals surface area contributed by atoms with Crippen LogP contribution in [-0.4, -0.2) is 17.0 Å². The van der Waals surface area contributed by atoms with Gasteiger partial charge >= 0.3 is 5.97 Å². The van der Waals surface area contributed by atoms with Gasteiger partial charge in [-0.25, -0.2) is 4.79 Å². The van der Waals surface area contributed by atoms with Gasteiger partial charge in [0.1, 0.15) is 0 Å². The van der Waals surface area contributed by atoms with E-state index in [4.69, 9.17) is 5.26 Å². The van der Waals surface area contributed by atoms with Gasteiger partial charge in [-0.05, 0) is 6.42 Å². The van der Waals surface area contributed by atoms with Gasteiger partial charge in [0.15, 0.2) is 0 Å². The Bertz CT molecular complexity index is 213. The van der Waals surface area contributed by atoms with E-state index in [0.717, 1.165) is 12.8 Å². The third-order valence-corrected chi connectivity index (χ3v) is 2.82. The summed E-state index contributed by atoms with van der Waals surface area (Å²) in [5, 5.41) is 7.98. The molecule has 0 aromatic heterocycles. The van der Waals surface area contributed by atoms with E-state index in [1.54, 1.807) is 0 Å². The number of Topliss-reactive ketones (excluding diaryl/α,β-unsaturated/α-hetero) is 1. The Hall–Kier alpha value is -0.900. The van der Waals surface area contributed by atoms with E-state index in [1.165, 1.54) is 38.5 Å². The Morgan fingerprint density at radius 2 is 1.35 bits per heavy atom.